The summed E-state index contributed by atoms with van der Waals surface area (Å²) >= 11 is 0. The van der Waals surface area contributed by atoms with Crippen LogP contribution in [-0.4, -0.2) is 59.1 Å². The summed E-state index contributed by atoms with van der Waals surface area (Å²) in [5.41, 5.74) is 1.37. The summed E-state index contributed by atoms with van der Waals surface area (Å²) in [6, 6.07) is 9.39. The molecule has 0 amide bonds. The highest BCUT2D eigenvalue weighted by molar-refractivity contribution is 6.00. The predicted molar refractivity (Wildman–Crippen MR) is 92.8 cm³/mol. The number of ether oxygens (including phenoxy) is 1. The van der Waals surface area contributed by atoms with E-state index in [-0.39, 0.29) is 5.82 Å². The average Bonchev–Trinajstić information content (AvgIpc) is 2.61. The minimum atomic E-state index is -0.333. The molecule has 1 aromatic heterocycles. The Morgan fingerprint density at radius 2 is 1.80 bits per heavy atom. The van der Waals surface area contributed by atoms with Crippen molar-refractivity contribution in [2.24, 2.45) is 5.16 Å². The number of hydrogen-bond acceptors (Lipinski definition) is 5. The van der Waals surface area contributed by atoms with Gasteiger partial charge >= 0.3 is 0 Å². The van der Waals surface area contributed by atoms with Gasteiger partial charge < -0.3 is 19.7 Å². The number of oxime groups is 1. The van der Waals surface area contributed by atoms with Crippen LogP contribution in [0.5, 0.6) is 11.6 Å². The zero-order valence-electron chi connectivity index (χ0n) is 14.3. The van der Waals surface area contributed by atoms with E-state index in [0.29, 0.717) is 23.0 Å². The van der Waals surface area contributed by atoms with Gasteiger partial charge in [0.15, 0.2) is 5.84 Å². The molecule has 1 aromatic carbocycles. The van der Waals surface area contributed by atoms with Crippen molar-refractivity contribution in [3.8, 4) is 11.6 Å². The summed E-state index contributed by atoms with van der Waals surface area (Å²) in [6.07, 6.45) is 0. The summed E-state index contributed by atoms with van der Waals surface area (Å²) in [7, 11) is 2.06. The van der Waals surface area contributed by atoms with E-state index in [9.17, 15) is 9.60 Å². The fourth-order valence-corrected chi connectivity index (χ4v) is 2.70. The molecular formula is C18H21FN4O2. The minimum Gasteiger partial charge on any atom is -0.438 e. The van der Waals surface area contributed by atoms with Gasteiger partial charge in [-0.2, -0.15) is 0 Å². The first-order chi connectivity index (χ1) is 12.1. The molecule has 25 heavy (non-hydrogen) atoms. The van der Waals surface area contributed by atoms with Crippen molar-refractivity contribution in [2.45, 2.75) is 6.92 Å². The van der Waals surface area contributed by atoms with Crippen LogP contribution in [0.15, 0.2) is 41.6 Å². The molecule has 0 atom stereocenters. The molecule has 7 heteroatoms. The third kappa shape index (κ3) is 4.06. The fraction of sp³-hybridized carbons (Fsp3) is 0.333. The summed E-state index contributed by atoms with van der Waals surface area (Å²) in [6.45, 7) is 5.12. The lowest BCUT2D eigenvalue weighted by Gasteiger charge is -2.34. The number of aryl methyl sites for hydroxylation is 1. The zero-order chi connectivity index (χ0) is 17.8. The fourth-order valence-electron chi connectivity index (χ4n) is 2.70. The van der Waals surface area contributed by atoms with E-state index in [1.54, 1.807) is 0 Å². The van der Waals surface area contributed by atoms with Gasteiger partial charge in [0, 0.05) is 31.9 Å². The molecule has 0 unspecified atom stereocenters. The van der Waals surface area contributed by atoms with E-state index in [4.69, 9.17) is 4.74 Å². The highest BCUT2D eigenvalue weighted by atomic mass is 19.1. The Morgan fingerprint density at radius 1 is 1.12 bits per heavy atom. The standard InChI is InChI=1S/C18H21FN4O2/c1-13-3-8-16(17(21-24)23-11-9-22(2)10-12-23)18(20-13)25-15-6-4-14(19)5-7-15/h3-8,24H,9-12H2,1-2H3/b21-17-. The molecule has 1 aliphatic heterocycles. The number of likely N-dealkylation sites (N-methyl/N-ethyl adjacent to an activating group) is 1. The van der Waals surface area contributed by atoms with Crippen molar-refractivity contribution in [1.29, 1.82) is 0 Å². The Hall–Kier alpha value is -2.67. The smallest absolute Gasteiger partial charge is 0.230 e. The largest absolute Gasteiger partial charge is 0.438 e. The van der Waals surface area contributed by atoms with Gasteiger partial charge in [0.1, 0.15) is 11.6 Å². The van der Waals surface area contributed by atoms with Crippen LogP contribution in [0.3, 0.4) is 0 Å². The number of amidine groups is 1. The molecule has 1 N–H and O–H groups in total. The highest BCUT2D eigenvalue weighted by Crippen LogP contribution is 2.26. The second-order valence-electron chi connectivity index (χ2n) is 6.08. The van der Waals surface area contributed by atoms with Gasteiger partial charge in [-0.25, -0.2) is 9.37 Å². The van der Waals surface area contributed by atoms with E-state index >= 15 is 0 Å². The average molecular weight is 344 g/mol. The minimum absolute atomic E-state index is 0.332. The number of piperazine rings is 1. The van der Waals surface area contributed by atoms with Crippen molar-refractivity contribution in [1.82, 2.24) is 14.8 Å². The molecule has 0 bridgehead atoms. The summed E-state index contributed by atoms with van der Waals surface area (Å²) in [5, 5.41) is 13.1. The lowest BCUT2D eigenvalue weighted by atomic mass is 10.2. The van der Waals surface area contributed by atoms with E-state index in [2.05, 4.69) is 22.1 Å². The highest BCUT2D eigenvalue weighted by Gasteiger charge is 2.23. The molecule has 1 fully saturated rings. The van der Waals surface area contributed by atoms with Crippen molar-refractivity contribution < 1.29 is 14.3 Å². The normalized spacial score (nSPS) is 16.1. The van der Waals surface area contributed by atoms with E-state index in [1.165, 1.54) is 24.3 Å². The monoisotopic (exact) mass is 344 g/mol. The first-order valence-corrected chi connectivity index (χ1v) is 8.14. The first-order valence-electron chi connectivity index (χ1n) is 8.14. The molecule has 2 aromatic rings. The van der Waals surface area contributed by atoms with Gasteiger partial charge in [-0.3, -0.25) is 0 Å². The molecule has 1 saturated heterocycles. The molecule has 2 heterocycles. The van der Waals surface area contributed by atoms with Crippen molar-refractivity contribution in [3.05, 3.63) is 53.5 Å². The summed E-state index contributed by atoms with van der Waals surface area (Å²) in [5.74, 6) is 0.896. The van der Waals surface area contributed by atoms with Crippen LogP contribution in [0.25, 0.3) is 0 Å². The maximum Gasteiger partial charge on any atom is 0.230 e. The summed E-state index contributed by atoms with van der Waals surface area (Å²) < 4.78 is 18.9. The number of rotatable bonds is 3. The van der Waals surface area contributed by atoms with Gasteiger partial charge in [-0.1, -0.05) is 5.16 Å². The van der Waals surface area contributed by atoms with Crippen LogP contribution >= 0.6 is 0 Å². The van der Waals surface area contributed by atoms with Crippen LogP contribution in [0.2, 0.25) is 0 Å². The lowest BCUT2D eigenvalue weighted by Crippen LogP contribution is -2.47. The van der Waals surface area contributed by atoms with E-state index in [1.807, 2.05) is 24.0 Å². The van der Waals surface area contributed by atoms with Gasteiger partial charge in [0.25, 0.3) is 0 Å². The molecule has 0 radical (unpaired) electrons. The number of hydrogen-bond donors (Lipinski definition) is 1. The Labute approximate surface area is 146 Å². The number of benzene rings is 1. The van der Waals surface area contributed by atoms with Crippen LogP contribution in [-0.2, 0) is 0 Å². The number of nitrogens with zero attached hydrogens (tertiary/aromatic N) is 4. The molecule has 6 nitrogen and oxygen atoms in total. The molecule has 0 aliphatic carbocycles. The van der Waals surface area contributed by atoms with Gasteiger partial charge in [-0.15, -0.1) is 0 Å². The molecule has 0 saturated carbocycles. The third-order valence-corrected chi connectivity index (χ3v) is 4.17. The van der Waals surface area contributed by atoms with Crippen molar-refractivity contribution in [2.75, 3.05) is 33.2 Å². The maximum absolute atomic E-state index is 13.1. The maximum atomic E-state index is 13.1. The Bertz CT molecular complexity index is 756. The first kappa shape index (κ1) is 17.2. The molecule has 132 valence electrons. The Balaban J connectivity index is 1.91. The summed E-state index contributed by atoms with van der Waals surface area (Å²) in [4.78, 5) is 8.65. The molecule has 0 spiro atoms. The molecule has 1 aliphatic rings. The zero-order valence-corrected chi connectivity index (χ0v) is 14.3. The second kappa shape index (κ2) is 7.48. The molecule has 3 rings (SSSR count). The van der Waals surface area contributed by atoms with Crippen molar-refractivity contribution in [3.63, 3.8) is 0 Å². The van der Waals surface area contributed by atoms with E-state index < -0.39 is 0 Å². The quantitative estimate of drug-likeness (QED) is 0.401. The Morgan fingerprint density at radius 3 is 2.44 bits per heavy atom. The van der Waals surface area contributed by atoms with Crippen LogP contribution in [0.1, 0.15) is 11.3 Å². The SMILES string of the molecule is Cc1ccc(/C(=N/O)N2CCN(C)CC2)c(Oc2ccc(F)cc2)n1. The van der Waals surface area contributed by atoms with Crippen molar-refractivity contribution >= 4 is 5.84 Å². The van der Waals surface area contributed by atoms with Crippen LogP contribution in [0.4, 0.5) is 4.39 Å². The number of aromatic nitrogens is 1. The topological polar surface area (TPSA) is 61.2 Å². The van der Waals surface area contributed by atoms with Crippen LogP contribution < -0.4 is 4.74 Å². The third-order valence-electron chi connectivity index (χ3n) is 4.17. The second-order valence-corrected chi connectivity index (χ2v) is 6.08. The van der Waals surface area contributed by atoms with E-state index in [0.717, 1.165) is 31.9 Å². The number of halogens is 1. The number of pyridine rings is 1. The molecular weight excluding hydrogens is 323 g/mol. The van der Waals surface area contributed by atoms with Gasteiger partial charge in [0.2, 0.25) is 5.88 Å². The Kier molecular flexibility index (Phi) is 5.14. The van der Waals surface area contributed by atoms with Crippen LogP contribution in [0, 0.1) is 12.7 Å². The lowest BCUT2D eigenvalue weighted by molar-refractivity contribution is 0.207. The van der Waals surface area contributed by atoms with Gasteiger partial charge in [0.05, 0.1) is 5.56 Å². The van der Waals surface area contributed by atoms with Gasteiger partial charge in [-0.05, 0) is 50.4 Å². The predicted octanol–water partition coefficient (Wildman–Crippen LogP) is 2.70.